The molecule has 1 unspecified atom stereocenters. The van der Waals surface area contributed by atoms with Crippen molar-refractivity contribution >= 4 is 17.6 Å². The van der Waals surface area contributed by atoms with Gasteiger partial charge in [0.15, 0.2) is 18.9 Å². The summed E-state index contributed by atoms with van der Waals surface area (Å²) in [6, 6.07) is 9.12. The average Bonchev–Trinajstić information content (AvgIpc) is 2.53. The number of rotatable bonds is 10. The summed E-state index contributed by atoms with van der Waals surface area (Å²) in [6.45, 7) is 8.27. The second kappa shape index (κ2) is 10.6. The first-order valence-corrected chi connectivity index (χ1v) is 8.78. The van der Waals surface area contributed by atoms with Crippen LogP contribution in [0.25, 0.3) is 0 Å². The smallest absolute Gasteiger partial charge is 0.275 e. The van der Waals surface area contributed by atoms with Crippen LogP contribution in [-0.2, 0) is 20.8 Å². The minimum atomic E-state index is -0.544. The number of nitrogens with one attached hydrogen (secondary N) is 3. The van der Waals surface area contributed by atoms with E-state index in [1.54, 1.807) is 0 Å². The topological polar surface area (TPSA) is 79.7 Å². The van der Waals surface area contributed by atoms with E-state index >= 15 is 0 Å². The normalized spacial score (nSPS) is 13.2. The molecule has 6 heteroatoms. The van der Waals surface area contributed by atoms with Gasteiger partial charge in [-0.3, -0.25) is 14.4 Å². The van der Waals surface area contributed by atoms with Crippen LogP contribution in [0.4, 0.5) is 0 Å². The second-order valence-electron chi connectivity index (χ2n) is 6.60. The van der Waals surface area contributed by atoms with Crippen molar-refractivity contribution in [2.24, 2.45) is 0 Å². The fourth-order valence-electron chi connectivity index (χ4n) is 2.53. The Morgan fingerprint density at radius 2 is 1.56 bits per heavy atom. The average molecular weight is 348 g/mol. The number of likely N-dealkylation sites (N-methyl/N-ethyl adjacent to an activating group) is 1. The van der Waals surface area contributed by atoms with Gasteiger partial charge in [0.05, 0.1) is 12.6 Å². The predicted molar refractivity (Wildman–Crippen MR) is 97.3 cm³/mol. The number of hydrogen-bond acceptors (Lipinski definition) is 3. The molecule has 0 fully saturated rings. The van der Waals surface area contributed by atoms with Gasteiger partial charge < -0.3 is 15.5 Å². The van der Waals surface area contributed by atoms with Crippen LogP contribution in [0.2, 0.25) is 0 Å². The lowest BCUT2D eigenvalue weighted by atomic mass is 10.0. The molecule has 0 radical (unpaired) electrons. The van der Waals surface area contributed by atoms with E-state index in [9.17, 15) is 14.4 Å². The van der Waals surface area contributed by atoms with E-state index in [4.69, 9.17) is 0 Å². The van der Waals surface area contributed by atoms with E-state index in [0.717, 1.165) is 10.5 Å². The summed E-state index contributed by atoms with van der Waals surface area (Å²) in [7, 11) is 0. The Bertz CT molecular complexity index is 573. The van der Waals surface area contributed by atoms with Gasteiger partial charge in [-0.25, -0.2) is 0 Å². The number of quaternary nitrogens is 1. The number of carbonyl (C=O) groups is 3. The van der Waals surface area contributed by atoms with Crippen molar-refractivity contribution in [3.8, 4) is 0 Å². The van der Waals surface area contributed by atoms with Crippen molar-refractivity contribution in [3.63, 3.8) is 0 Å². The monoisotopic (exact) mass is 348 g/mol. The van der Waals surface area contributed by atoms with Crippen LogP contribution >= 0.6 is 0 Å². The molecule has 25 heavy (non-hydrogen) atoms. The lowest BCUT2D eigenvalue weighted by molar-refractivity contribution is -0.881. The summed E-state index contributed by atoms with van der Waals surface area (Å²) < 4.78 is 0. The van der Waals surface area contributed by atoms with Gasteiger partial charge in [-0.2, -0.15) is 0 Å². The zero-order valence-electron chi connectivity index (χ0n) is 15.6. The van der Waals surface area contributed by atoms with Crippen LogP contribution in [0.5, 0.6) is 0 Å². The van der Waals surface area contributed by atoms with Crippen LogP contribution in [0, 0.1) is 0 Å². The molecule has 0 aliphatic rings. The Kier molecular flexibility index (Phi) is 8.84. The molecule has 0 heterocycles. The highest BCUT2D eigenvalue weighted by Crippen LogP contribution is 2.03. The minimum Gasteiger partial charge on any atom is -0.349 e. The van der Waals surface area contributed by atoms with E-state index in [-0.39, 0.29) is 36.7 Å². The molecule has 2 atom stereocenters. The van der Waals surface area contributed by atoms with Crippen LogP contribution in [0.1, 0.15) is 33.3 Å². The van der Waals surface area contributed by atoms with Crippen molar-refractivity contribution in [2.45, 2.75) is 46.2 Å². The quantitative estimate of drug-likeness (QED) is 0.545. The highest BCUT2D eigenvalue weighted by Gasteiger charge is 2.22. The number of amides is 2. The van der Waals surface area contributed by atoms with Crippen LogP contribution in [-0.4, -0.2) is 49.3 Å². The Labute approximate surface area is 150 Å². The summed E-state index contributed by atoms with van der Waals surface area (Å²) in [6.07, 6.45) is 0.469. The molecule has 1 aromatic rings. The Morgan fingerprint density at radius 3 is 2.04 bits per heavy atom. The fourth-order valence-corrected chi connectivity index (χ4v) is 2.53. The van der Waals surface area contributed by atoms with Gasteiger partial charge in [0.2, 0.25) is 0 Å². The molecule has 3 N–H and O–H groups in total. The molecule has 0 aliphatic heterocycles. The molecule has 0 saturated carbocycles. The molecule has 1 aromatic carbocycles. The number of ketones is 1. The number of carbonyl (C=O) groups excluding carboxylic acids is 3. The highest BCUT2D eigenvalue weighted by molar-refractivity contribution is 5.88. The fraction of sp³-hybridized carbons (Fsp3) is 0.526. The number of hydrogen-bond donors (Lipinski definition) is 3. The van der Waals surface area contributed by atoms with Crippen LogP contribution in [0.15, 0.2) is 30.3 Å². The van der Waals surface area contributed by atoms with Crippen molar-refractivity contribution < 1.29 is 19.3 Å². The summed E-state index contributed by atoms with van der Waals surface area (Å²) in [5.74, 6) is -0.370. The largest absolute Gasteiger partial charge is 0.349 e. The van der Waals surface area contributed by atoms with Crippen LogP contribution in [0.3, 0.4) is 0 Å². The Morgan fingerprint density at radius 1 is 1.00 bits per heavy atom. The van der Waals surface area contributed by atoms with E-state index in [1.807, 2.05) is 51.1 Å². The molecule has 138 valence electrons. The molecule has 0 aromatic heterocycles. The maximum absolute atomic E-state index is 12.3. The second-order valence-corrected chi connectivity index (χ2v) is 6.60. The minimum absolute atomic E-state index is 0.0761. The zero-order chi connectivity index (χ0) is 18.8. The summed E-state index contributed by atoms with van der Waals surface area (Å²) in [5.41, 5.74) is 0.999. The van der Waals surface area contributed by atoms with Gasteiger partial charge in [0, 0.05) is 6.04 Å². The molecule has 2 amide bonds. The predicted octanol–water partition coefficient (Wildman–Crippen LogP) is -0.268. The molecule has 1 rings (SSSR count). The molecular formula is C19H30N3O3+. The third kappa shape index (κ3) is 8.44. The third-order valence-corrected chi connectivity index (χ3v) is 3.88. The molecular weight excluding hydrogens is 318 g/mol. The van der Waals surface area contributed by atoms with Gasteiger partial charge in [-0.1, -0.05) is 30.3 Å². The molecule has 0 bridgehead atoms. The summed E-state index contributed by atoms with van der Waals surface area (Å²) in [4.78, 5) is 36.9. The lowest BCUT2D eigenvalue weighted by Crippen LogP contribution is -3.14. The van der Waals surface area contributed by atoms with Crippen molar-refractivity contribution in [2.75, 3.05) is 19.6 Å². The van der Waals surface area contributed by atoms with Gasteiger partial charge in [-0.15, -0.1) is 0 Å². The molecule has 0 spiro atoms. The Balaban J connectivity index is 2.58. The highest BCUT2D eigenvalue weighted by atomic mass is 16.2. The summed E-state index contributed by atoms with van der Waals surface area (Å²) >= 11 is 0. The van der Waals surface area contributed by atoms with E-state index in [2.05, 4.69) is 10.6 Å². The first kappa shape index (κ1) is 20.8. The van der Waals surface area contributed by atoms with Gasteiger partial charge in [0.1, 0.15) is 0 Å². The SMILES string of the molecule is CC[NH+](CC(=O)NC(C)C)CC(=O)N[C@@H](Cc1ccccc1)C(C)=O. The zero-order valence-corrected chi connectivity index (χ0v) is 15.6. The van der Waals surface area contributed by atoms with Gasteiger partial charge in [0.25, 0.3) is 11.8 Å². The van der Waals surface area contributed by atoms with Crippen LogP contribution < -0.4 is 15.5 Å². The van der Waals surface area contributed by atoms with E-state index in [0.29, 0.717) is 13.0 Å². The summed E-state index contributed by atoms with van der Waals surface area (Å²) in [5, 5.41) is 5.63. The molecule has 6 nitrogen and oxygen atoms in total. The van der Waals surface area contributed by atoms with Gasteiger partial charge >= 0.3 is 0 Å². The number of Topliss-reactive ketones (excluding diaryl/α,β-unsaturated/α-hetero) is 1. The lowest BCUT2D eigenvalue weighted by Gasteiger charge is -2.20. The van der Waals surface area contributed by atoms with E-state index in [1.165, 1.54) is 6.92 Å². The first-order valence-electron chi connectivity index (χ1n) is 8.78. The Hall–Kier alpha value is -2.21. The van der Waals surface area contributed by atoms with Gasteiger partial charge in [-0.05, 0) is 39.7 Å². The van der Waals surface area contributed by atoms with Crippen molar-refractivity contribution in [1.29, 1.82) is 0 Å². The molecule has 0 saturated heterocycles. The molecule has 0 aliphatic carbocycles. The van der Waals surface area contributed by atoms with E-state index < -0.39 is 6.04 Å². The number of benzene rings is 1. The maximum Gasteiger partial charge on any atom is 0.275 e. The third-order valence-electron chi connectivity index (χ3n) is 3.88. The first-order chi connectivity index (χ1) is 11.8. The van der Waals surface area contributed by atoms with Crippen molar-refractivity contribution in [3.05, 3.63) is 35.9 Å². The van der Waals surface area contributed by atoms with Crippen molar-refractivity contribution in [1.82, 2.24) is 10.6 Å². The standard InChI is InChI=1S/C19H29N3O3/c1-5-22(12-18(24)20-14(2)3)13-19(25)21-17(15(4)23)11-16-9-7-6-8-10-16/h6-10,14,17H,5,11-13H2,1-4H3,(H,20,24)(H,21,25)/p+1/t17-/m0/s1. The maximum atomic E-state index is 12.3.